The number of esters is 1. The summed E-state index contributed by atoms with van der Waals surface area (Å²) in [5.41, 5.74) is 0.349. The Kier molecular flexibility index (Phi) is 4.41. The van der Waals surface area contributed by atoms with Crippen molar-refractivity contribution in [1.29, 1.82) is 0 Å². The summed E-state index contributed by atoms with van der Waals surface area (Å²) in [6.45, 7) is 5.05. The lowest BCUT2D eigenvalue weighted by molar-refractivity contribution is -0.158. The molecule has 1 aliphatic rings. The standard InChI is InChI=1S/C22H22O7/c1-11(23)27-17-9-13-15(29-22(17,2)3)10-16(26-5)18-19(24)12-7-6-8-14(25-4)20(12)28-21(13)18/h6-8,10,17H,9H2,1-5H3. The van der Waals surface area contributed by atoms with E-state index in [0.717, 1.165) is 0 Å². The van der Waals surface area contributed by atoms with Crippen molar-refractivity contribution in [3.63, 3.8) is 0 Å². The second-order valence-electron chi connectivity index (χ2n) is 7.54. The van der Waals surface area contributed by atoms with Crippen molar-refractivity contribution in [2.24, 2.45) is 0 Å². The molecule has 7 nitrogen and oxygen atoms in total. The summed E-state index contributed by atoms with van der Waals surface area (Å²) in [6.07, 6.45) is -0.200. The number of hydrogen-bond acceptors (Lipinski definition) is 7. The van der Waals surface area contributed by atoms with E-state index in [0.29, 0.717) is 51.2 Å². The Morgan fingerprint density at radius 2 is 1.86 bits per heavy atom. The molecule has 1 aromatic heterocycles. The summed E-state index contributed by atoms with van der Waals surface area (Å²) in [5.74, 6) is 0.937. The van der Waals surface area contributed by atoms with Gasteiger partial charge >= 0.3 is 5.97 Å². The molecule has 0 bridgehead atoms. The van der Waals surface area contributed by atoms with Gasteiger partial charge in [-0.1, -0.05) is 6.07 Å². The molecule has 1 aliphatic heterocycles. The molecule has 3 aromatic rings. The van der Waals surface area contributed by atoms with Crippen molar-refractivity contribution in [3.05, 3.63) is 40.1 Å². The van der Waals surface area contributed by atoms with Gasteiger partial charge in [-0.25, -0.2) is 0 Å². The molecule has 0 amide bonds. The van der Waals surface area contributed by atoms with E-state index < -0.39 is 17.7 Å². The second kappa shape index (κ2) is 6.69. The number of para-hydroxylation sites is 1. The monoisotopic (exact) mass is 398 g/mol. The molecule has 0 N–H and O–H groups in total. The van der Waals surface area contributed by atoms with Gasteiger partial charge in [0.1, 0.15) is 34.2 Å². The molecule has 1 unspecified atom stereocenters. The van der Waals surface area contributed by atoms with Crippen LogP contribution in [0.2, 0.25) is 0 Å². The first-order chi connectivity index (χ1) is 13.8. The Morgan fingerprint density at radius 1 is 1.14 bits per heavy atom. The zero-order chi connectivity index (χ0) is 20.9. The Hall–Kier alpha value is -3.22. The number of ether oxygens (including phenoxy) is 4. The number of rotatable bonds is 3. The fourth-order valence-electron chi connectivity index (χ4n) is 3.79. The van der Waals surface area contributed by atoms with Crippen molar-refractivity contribution in [2.75, 3.05) is 14.2 Å². The second-order valence-corrected chi connectivity index (χ2v) is 7.54. The number of hydrogen-bond donors (Lipinski definition) is 0. The van der Waals surface area contributed by atoms with Gasteiger partial charge in [0.05, 0.1) is 19.6 Å². The molecular weight excluding hydrogens is 376 g/mol. The maximum atomic E-state index is 13.3. The van der Waals surface area contributed by atoms with Gasteiger partial charge in [0.2, 0.25) is 5.43 Å². The first-order valence-electron chi connectivity index (χ1n) is 9.26. The van der Waals surface area contributed by atoms with Crippen LogP contribution in [-0.2, 0) is 16.0 Å². The van der Waals surface area contributed by atoms with Gasteiger partial charge < -0.3 is 23.4 Å². The number of carbonyl (C=O) groups excluding carboxylic acids is 1. The van der Waals surface area contributed by atoms with Crippen LogP contribution in [0.25, 0.3) is 21.9 Å². The molecule has 0 saturated carbocycles. The van der Waals surface area contributed by atoms with Gasteiger partial charge in [-0.2, -0.15) is 0 Å². The molecule has 0 saturated heterocycles. The molecule has 0 aliphatic carbocycles. The van der Waals surface area contributed by atoms with Crippen molar-refractivity contribution in [3.8, 4) is 17.2 Å². The lowest BCUT2D eigenvalue weighted by Crippen LogP contribution is -2.48. The van der Waals surface area contributed by atoms with Crippen LogP contribution in [0.1, 0.15) is 26.3 Å². The van der Waals surface area contributed by atoms with E-state index in [-0.39, 0.29) is 5.43 Å². The van der Waals surface area contributed by atoms with Gasteiger partial charge in [0.15, 0.2) is 11.3 Å². The maximum Gasteiger partial charge on any atom is 0.303 e. The predicted molar refractivity (Wildman–Crippen MR) is 107 cm³/mol. The molecule has 2 heterocycles. The van der Waals surface area contributed by atoms with Crippen LogP contribution < -0.4 is 19.6 Å². The average molecular weight is 398 g/mol. The lowest BCUT2D eigenvalue weighted by atomic mass is 9.89. The third kappa shape index (κ3) is 2.97. The minimum absolute atomic E-state index is 0.228. The van der Waals surface area contributed by atoms with Crippen LogP contribution in [0.5, 0.6) is 17.2 Å². The van der Waals surface area contributed by atoms with Crippen molar-refractivity contribution < 1.29 is 28.2 Å². The molecule has 0 spiro atoms. The van der Waals surface area contributed by atoms with Gasteiger partial charge in [0, 0.05) is 25.0 Å². The van der Waals surface area contributed by atoms with Gasteiger partial charge in [-0.15, -0.1) is 0 Å². The summed E-state index contributed by atoms with van der Waals surface area (Å²) < 4.78 is 28.7. The van der Waals surface area contributed by atoms with Crippen molar-refractivity contribution in [1.82, 2.24) is 0 Å². The molecular formula is C22H22O7. The third-order valence-corrected chi connectivity index (χ3v) is 5.25. The van der Waals surface area contributed by atoms with E-state index in [9.17, 15) is 9.59 Å². The summed E-state index contributed by atoms with van der Waals surface area (Å²) in [4.78, 5) is 24.9. The fourth-order valence-corrected chi connectivity index (χ4v) is 3.79. The van der Waals surface area contributed by atoms with Gasteiger partial charge in [0.25, 0.3) is 0 Å². The van der Waals surface area contributed by atoms with E-state index in [4.69, 9.17) is 23.4 Å². The van der Waals surface area contributed by atoms with Gasteiger partial charge in [-0.3, -0.25) is 9.59 Å². The average Bonchev–Trinajstić information content (AvgIpc) is 2.67. The molecule has 152 valence electrons. The topological polar surface area (TPSA) is 84.2 Å². The Balaban J connectivity index is 2.07. The number of methoxy groups -OCH3 is 2. The third-order valence-electron chi connectivity index (χ3n) is 5.25. The summed E-state index contributed by atoms with van der Waals surface area (Å²) >= 11 is 0. The Bertz CT molecular complexity index is 1190. The van der Waals surface area contributed by atoms with Crippen LogP contribution >= 0.6 is 0 Å². The smallest absolute Gasteiger partial charge is 0.303 e. The highest BCUT2D eigenvalue weighted by Crippen LogP contribution is 2.43. The maximum absolute atomic E-state index is 13.3. The first-order valence-corrected chi connectivity index (χ1v) is 9.26. The van der Waals surface area contributed by atoms with Crippen LogP contribution in [0.15, 0.2) is 33.5 Å². The molecule has 1 atom stereocenters. The van der Waals surface area contributed by atoms with Gasteiger partial charge in [-0.05, 0) is 26.0 Å². The zero-order valence-electron chi connectivity index (χ0n) is 17.0. The van der Waals surface area contributed by atoms with Crippen molar-refractivity contribution >= 4 is 27.9 Å². The zero-order valence-corrected chi connectivity index (χ0v) is 17.0. The number of carbonyl (C=O) groups is 1. The molecule has 0 fully saturated rings. The number of benzene rings is 2. The highest BCUT2D eigenvalue weighted by molar-refractivity contribution is 5.97. The number of fused-ring (bicyclic) bond motifs is 4. The van der Waals surface area contributed by atoms with E-state index in [1.165, 1.54) is 21.1 Å². The van der Waals surface area contributed by atoms with Crippen LogP contribution in [0.3, 0.4) is 0 Å². The lowest BCUT2D eigenvalue weighted by Gasteiger charge is -2.39. The first kappa shape index (κ1) is 19.1. The Labute approximate surface area is 167 Å². The van der Waals surface area contributed by atoms with Crippen LogP contribution in [-0.4, -0.2) is 31.9 Å². The van der Waals surface area contributed by atoms with E-state index >= 15 is 0 Å². The highest BCUT2D eigenvalue weighted by atomic mass is 16.6. The quantitative estimate of drug-likeness (QED) is 0.492. The fraction of sp³-hybridized carbons (Fsp3) is 0.364. The summed E-state index contributed by atoms with van der Waals surface area (Å²) in [5, 5.41) is 0.709. The molecule has 0 radical (unpaired) electrons. The predicted octanol–water partition coefficient (Wildman–Crippen LogP) is 3.61. The van der Waals surface area contributed by atoms with E-state index in [1.807, 2.05) is 13.8 Å². The minimum Gasteiger partial charge on any atom is -0.496 e. The van der Waals surface area contributed by atoms with Crippen molar-refractivity contribution in [2.45, 2.75) is 38.9 Å². The normalized spacial score (nSPS) is 17.5. The van der Waals surface area contributed by atoms with Crippen LogP contribution in [0, 0.1) is 0 Å². The SMILES string of the molecule is COc1cccc2c(=O)c3c(OC)cc4c(c3oc12)CC(OC(C)=O)C(C)(C)O4. The minimum atomic E-state index is -0.758. The molecule has 7 heteroatoms. The molecule has 4 rings (SSSR count). The van der Waals surface area contributed by atoms with E-state index in [2.05, 4.69) is 0 Å². The Morgan fingerprint density at radius 3 is 2.52 bits per heavy atom. The largest absolute Gasteiger partial charge is 0.496 e. The summed E-state index contributed by atoms with van der Waals surface area (Å²) in [7, 11) is 3.01. The van der Waals surface area contributed by atoms with Crippen LogP contribution in [0.4, 0.5) is 0 Å². The highest BCUT2D eigenvalue weighted by Gasteiger charge is 2.41. The molecule has 29 heavy (non-hydrogen) atoms. The molecule has 2 aromatic carbocycles. The summed E-state index contributed by atoms with van der Waals surface area (Å²) in [6, 6.07) is 6.83. The van der Waals surface area contributed by atoms with E-state index in [1.54, 1.807) is 24.3 Å².